The Labute approximate surface area is 56.8 Å². The third-order valence-corrected chi connectivity index (χ3v) is 1.23. The Hall–Kier alpha value is -0.0800. The molecule has 0 fully saturated rings. The summed E-state index contributed by atoms with van der Waals surface area (Å²) in [5, 5.41) is 8.64. The molecule has 9 heavy (non-hydrogen) atoms. The molecule has 0 bridgehead atoms. The molecule has 0 aliphatic heterocycles. The van der Waals surface area contributed by atoms with Crippen LogP contribution >= 0.6 is 0 Å². The Balaban J connectivity index is 3.09. The first-order chi connectivity index (χ1) is 4.35. The molecule has 0 aliphatic carbocycles. The van der Waals surface area contributed by atoms with E-state index in [1.54, 1.807) is 0 Å². The highest BCUT2D eigenvalue weighted by Crippen LogP contribution is 2.03. The minimum atomic E-state index is 0.163. The maximum absolute atomic E-state index is 8.64. The van der Waals surface area contributed by atoms with E-state index in [9.17, 15) is 0 Å². The zero-order valence-electron chi connectivity index (χ0n) is 6.18. The van der Waals surface area contributed by atoms with Crippen LogP contribution in [-0.4, -0.2) is 24.9 Å². The molecule has 1 radical (unpaired) electrons. The number of rotatable bonds is 5. The van der Waals surface area contributed by atoms with Crippen LogP contribution in [0.2, 0.25) is 0 Å². The topological polar surface area (TPSA) is 29.5 Å². The number of aliphatic hydroxyl groups is 1. The van der Waals surface area contributed by atoms with Crippen LogP contribution in [0, 0.1) is 5.92 Å². The van der Waals surface area contributed by atoms with Crippen LogP contribution in [0.4, 0.5) is 0 Å². The maximum Gasteiger partial charge on any atom is 0.0551 e. The van der Waals surface area contributed by atoms with Crippen LogP contribution in [-0.2, 0) is 4.74 Å². The standard InChI is InChI=1S/C7H15O2/c1-3-7(5-8)6-9-4-2/h8H,3-6H2,1-2H3. The third kappa shape index (κ3) is 4.43. The second-order valence-electron chi connectivity index (χ2n) is 1.90. The number of aliphatic hydroxyl groups excluding tert-OH is 1. The zero-order valence-corrected chi connectivity index (χ0v) is 6.18. The normalized spacial score (nSPS) is 10.7. The minimum absolute atomic E-state index is 0.163. The minimum Gasteiger partial charge on any atom is -0.396 e. The van der Waals surface area contributed by atoms with E-state index in [-0.39, 0.29) is 6.61 Å². The quantitative estimate of drug-likeness (QED) is 0.603. The van der Waals surface area contributed by atoms with E-state index in [1.807, 2.05) is 13.8 Å². The molecule has 0 atom stereocenters. The van der Waals surface area contributed by atoms with Crippen molar-refractivity contribution in [1.29, 1.82) is 0 Å². The SMILES string of the molecule is CCOC[C](CC)CO. The van der Waals surface area contributed by atoms with Gasteiger partial charge in [-0.05, 0) is 13.3 Å². The lowest BCUT2D eigenvalue weighted by Crippen LogP contribution is -2.10. The predicted octanol–water partition coefficient (Wildman–Crippen LogP) is 1.000. The largest absolute Gasteiger partial charge is 0.396 e. The van der Waals surface area contributed by atoms with Crippen molar-refractivity contribution < 1.29 is 9.84 Å². The van der Waals surface area contributed by atoms with Gasteiger partial charge in [0.2, 0.25) is 0 Å². The molecule has 55 valence electrons. The fraction of sp³-hybridized carbons (Fsp3) is 0.857. The van der Waals surface area contributed by atoms with E-state index in [0.717, 1.165) is 18.9 Å². The van der Waals surface area contributed by atoms with Crippen molar-refractivity contribution in [2.45, 2.75) is 20.3 Å². The van der Waals surface area contributed by atoms with Crippen molar-refractivity contribution in [2.24, 2.45) is 0 Å². The van der Waals surface area contributed by atoms with Gasteiger partial charge >= 0.3 is 0 Å². The highest BCUT2D eigenvalue weighted by Gasteiger charge is 2.02. The molecule has 0 spiro atoms. The van der Waals surface area contributed by atoms with Crippen LogP contribution in [0.5, 0.6) is 0 Å². The van der Waals surface area contributed by atoms with Gasteiger partial charge in [0.1, 0.15) is 0 Å². The first-order valence-electron chi connectivity index (χ1n) is 3.37. The van der Waals surface area contributed by atoms with E-state index >= 15 is 0 Å². The molecule has 0 saturated carbocycles. The van der Waals surface area contributed by atoms with E-state index in [2.05, 4.69) is 0 Å². The van der Waals surface area contributed by atoms with E-state index in [4.69, 9.17) is 9.84 Å². The maximum atomic E-state index is 8.64. The first kappa shape index (κ1) is 8.92. The molecule has 0 heterocycles. The molecule has 0 amide bonds. The Kier molecular flexibility index (Phi) is 5.99. The summed E-state index contributed by atoms with van der Waals surface area (Å²) in [6.07, 6.45) is 0.913. The Morgan fingerprint density at radius 2 is 2.11 bits per heavy atom. The molecule has 0 aromatic heterocycles. The van der Waals surface area contributed by atoms with Crippen LogP contribution in [0.15, 0.2) is 0 Å². The molecule has 0 aliphatic rings. The van der Waals surface area contributed by atoms with Gasteiger partial charge in [-0.15, -0.1) is 0 Å². The summed E-state index contributed by atoms with van der Waals surface area (Å²) in [4.78, 5) is 0. The van der Waals surface area contributed by atoms with Gasteiger partial charge in [0, 0.05) is 12.5 Å². The smallest absolute Gasteiger partial charge is 0.0551 e. The molecule has 1 N–H and O–H groups in total. The Morgan fingerprint density at radius 1 is 1.44 bits per heavy atom. The molecular formula is C7H15O2. The number of ether oxygens (including phenoxy) is 1. The van der Waals surface area contributed by atoms with Gasteiger partial charge < -0.3 is 9.84 Å². The zero-order chi connectivity index (χ0) is 7.11. The lowest BCUT2D eigenvalue weighted by Gasteiger charge is -2.08. The molecule has 2 heteroatoms. The Bertz CT molecular complexity index is 50.9. The second-order valence-corrected chi connectivity index (χ2v) is 1.90. The van der Waals surface area contributed by atoms with Crippen molar-refractivity contribution in [3.05, 3.63) is 5.92 Å². The average Bonchev–Trinajstić information content (AvgIpc) is 1.91. The van der Waals surface area contributed by atoms with Crippen LogP contribution in [0.25, 0.3) is 0 Å². The molecule has 0 rings (SSSR count). The number of hydrogen-bond donors (Lipinski definition) is 1. The van der Waals surface area contributed by atoms with E-state index in [0.29, 0.717) is 6.61 Å². The van der Waals surface area contributed by atoms with E-state index < -0.39 is 0 Å². The van der Waals surface area contributed by atoms with Gasteiger partial charge in [0.25, 0.3) is 0 Å². The van der Waals surface area contributed by atoms with Crippen LogP contribution in [0.1, 0.15) is 20.3 Å². The van der Waals surface area contributed by atoms with Crippen molar-refractivity contribution in [3.63, 3.8) is 0 Å². The summed E-state index contributed by atoms with van der Waals surface area (Å²) in [6, 6.07) is 0. The summed E-state index contributed by atoms with van der Waals surface area (Å²) >= 11 is 0. The summed E-state index contributed by atoms with van der Waals surface area (Å²) < 4.78 is 5.08. The second kappa shape index (κ2) is 6.05. The summed E-state index contributed by atoms with van der Waals surface area (Å²) in [7, 11) is 0. The third-order valence-electron chi connectivity index (χ3n) is 1.23. The summed E-state index contributed by atoms with van der Waals surface area (Å²) in [5.74, 6) is 1.07. The fourth-order valence-corrected chi connectivity index (χ4v) is 0.506. The summed E-state index contributed by atoms with van der Waals surface area (Å²) in [5.41, 5.74) is 0. The van der Waals surface area contributed by atoms with Gasteiger partial charge in [-0.3, -0.25) is 0 Å². The molecule has 0 aromatic rings. The van der Waals surface area contributed by atoms with Crippen LogP contribution < -0.4 is 0 Å². The summed E-state index contributed by atoms with van der Waals surface area (Å²) in [6.45, 7) is 5.47. The highest BCUT2D eigenvalue weighted by atomic mass is 16.5. The molecule has 0 unspecified atom stereocenters. The molecule has 2 nitrogen and oxygen atoms in total. The lowest BCUT2D eigenvalue weighted by molar-refractivity contribution is 0.138. The lowest BCUT2D eigenvalue weighted by atomic mass is 10.1. The number of hydrogen-bond acceptors (Lipinski definition) is 2. The van der Waals surface area contributed by atoms with Crippen LogP contribution in [0.3, 0.4) is 0 Å². The first-order valence-corrected chi connectivity index (χ1v) is 3.37. The van der Waals surface area contributed by atoms with Crippen molar-refractivity contribution in [3.8, 4) is 0 Å². The van der Waals surface area contributed by atoms with Gasteiger partial charge in [0.15, 0.2) is 0 Å². The highest BCUT2D eigenvalue weighted by molar-refractivity contribution is 4.86. The average molecular weight is 131 g/mol. The van der Waals surface area contributed by atoms with Crippen molar-refractivity contribution in [1.82, 2.24) is 0 Å². The van der Waals surface area contributed by atoms with Gasteiger partial charge in [-0.25, -0.2) is 0 Å². The molecular weight excluding hydrogens is 116 g/mol. The molecule has 0 aromatic carbocycles. The fourth-order valence-electron chi connectivity index (χ4n) is 0.506. The molecule has 0 saturated heterocycles. The van der Waals surface area contributed by atoms with E-state index in [1.165, 1.54) is 0 Å². The predicted molar refractivity (Wildman–Crippen MR) is 37.1 cm³/mol. The Morgan fingerprint density at radius 3 is 2.44 bits per heavy atom. The van der Waals surface area contributed by atoms with Gasteiger partial charge in [0.05, 0.1) is 13.2 Å². The van der Waals surface area contributed by atoms with Gasteiger partial charge in [-0.1, -0.05) is 6.92 Å². The van der Waals surface area contributed by atoms with Gasteiger partial charge in [-0.2, -0.15) is 0 Å². The monoisotopic (exact) mass is 131 g/mol. The van der Waals surface area contributed by atoms with Crippen molar-refractivity contribution in [2.75, 3.05) is 19.8 Å². The van der Waals surface area contributed by atoms with Crippen molar-refractivity contribution >= 4 is 0 Å².